The highest BCUT2D eigenvalue weighted by Gasteiger charge is 2.39. The number of fused-ring (bicyclic) bond motifs is 1. The first-order valence-corrected chi connectivity index (χ1v) is 11.0. The summed E-state index contributed by atoms with van der Waals surface area (Å²) in [5.41, 5.74) is -0.745. The highest BCUT2D eigenvalue weighted by Crippen LogP contribution is 2.28. The Morgan fingerprint density at radius 2 is 1.97 bits per heavy atom. The van der Waals surface area contributed by atoms with E-state index in [1.807, 2.05) is 0 Å². The average Bonchev–Trinajstić information content (AvgIpc) is 2.65. The lowest BCUT2D eigenvalue weighted by Crippen LogP contribution is -2.57. The lowest BCUT2D eigenvalue weighted by atomic mass is 10.1. The highest BCUT2D eigenvalue weighted by molar-refractivity contribution is 7.89. The van der Waals surface area contributed by atoms with Gasteiger partial charge in [-0.25, -0.2) is 13.2 Å². The minimum Gasteiger partial charge on any atom is -0.481 e. The molecule has 10 heteroatoms. The minimum atomic E-state index is -3.91. The number of piperazine rings is 1. The molecule has 2 aromatic rings. The monoisotopic (exact) mass is 435 g/mol. The zero-order valence-corrected chi connectivity index (χ0v) is 17.9. The van der Waals surface area contributed by atoms with E-state index in [-0.39, 0.29) is 31.0 Å². The number of benzene rings is 1. The van der Waals surface area contributed by atoms with Crippen molar-refractivity contribution in [1.29, 1.82) is 0 Å². The van der Waals surface area contributed by atoms with E-state index in [9.17, 15) is 23.1 Å². The predicted octanol–water partition coefficient (Wildman–Crippen LogP) is 2.32. The molecule has 162 valence electrons. The van der Waals surface area contributed by atoms with Gasteiger partial charge in [0.1, 0.15) is 5.60 Å². The van der Waals surface area contributed by atoms with Gasteiger partial charge in [0.15, 0.2) is 0 Å². The van der Waals surface area contributed by atoms with Gasteiger partial charge < -0.3 is 14.7 Å². The molecule has 0 bridgehead atoms. The van der Waals surface area contributed by atoms with Gasteiger partial charge in [-0.05, 0) is 32.9 Å². The maximum absolute atomic E-state index is 13.4. The van der Waals surface area contributed by atoms with Gasteiger partial charge in [0, 0.05) is 42.8 Å². The molecule has 1 saturated heterocycles. The van der Waals surface area contributed by atoms with E-state index in [4.69, 9.17) is 4.74 Å². The number of rotatable bonds is 4. The van der Waals surface area contributed by atoms with Crippen molar-refractivity contribution in [2.75, 3.05) is 19.6 Å². The number of amides is 1. The van der Waals surface area contributed by atoms with Gasteiger partial charge in [0.25, 0.3) is 0 Å². The predicted molar refractivity (Wildman–Crippen MR) is 109 cm³/mol. The normalized spacial score (nSPS) is 18.4. The summed E-state index contributed by atoms with van der Waals surface area (Å²) in [5, 5.41) is 10.5. The number of carboxylic acids is 1. The van der Waals surface area contributed by atoms with E-state index in [0.717, 1.165) is 0 Å². The number of carbonyl (C=O) groups excluding carboxylic acids is 1. The van der Waals surface area contributed by atoms with Crippen LogP contribution in [0.25, 0.3) is 10.8 Å². The molecule has 1 aromatic heterocycles. The molecule has 0 spiro atoms. The smallest absolute Gasteiger partial charge is 0.410 e. The fourth-order valence-electron chi connectivity index (χ4n) is 3.44. The van der Waals surface area contributed by atoms with Crippen molar-refractivity contribution in [3.05, 3.63) is 36.7 Å². The molecule has 0 aliphatic carbocycles. The Morgan fingerprint density at radius 3 is 2.63 bits per heavy atom. The van der Waals surface area contributed by atoms with Gasteiger partial charge in [-0.15, -0.1) is 0 Å². The molecule has 0 saturated carbocycles. The summed E-state index contributed by atoms with van der Waals surface area (Å²) in [7, 11) is -3.91. The van der Waals surface area contributed by atoms with Crippen LogP contribution in [0.15, 0.2) is 41.6 Å². The molecule has 0 radical (unpaired) electrons. The van der Waals surface area contributed by atoms with E-state index in [2.05, 4.69) is 4.98 Å². The van der Waals surface area contributed by atoms with Crippen LogP contribution >= 0.6 is 0 Å². The Labute approximate surface area is 175 Å². The number of hydrogen-bond donors (Lipinski definition) is 1. The quantitative estimate of drug-likeness (QED) is 0.783. The van der Waals surface area contributed by atoms with Crippen molar-refractivity contribution in [2.45, 2.75) is 43.7 Å². The number of sulfonamides is 1. The Kier molecular flexibility index (Phi) is 6.00. The summed E-state index contributed by atoms with van der Waals surface area (Å²) in [6, 6.07) is 5.73. The molecule has 2 heterocycles. The van der Waals surface area contributed by atoms with Crippen molar-refractivity contribution in [3.8, 4) is 0 Å². The molecule has 1 unspecified atom stereocenters. The van der Waals surface area contributed by atoms with E-state index < -0.39 is 33.7 Å². The van der Waals surface area contributed by atoms with Crippen LogP contribution in [0.1, 0.15) is 27.2 Å². The van der Waals surface area contributed by atoms with E-state index in [1.54, 1.807) is 45.2 Å². The van der Waals surface area contributed by atoms with Gasteiger partial charge in [-0.2, -0.15) is 4.31 Å². The van der Waals surface area contributed by atoms with Crippen LogP contribution in [0, 0.1) is 0 Å². The Balaban J connectivity index is 1.90. The second-order valence-corrected chi connectivity index (χ2v) is 10.0. The largest absolute Gasteiger partial charge is 0.481 e. The molecule has 1 aromatic carbocycles. The third kappa shape index (κ3) is 4.71. The van der Waals surface area contributed by atoms with Crippen molar-refractivity contribution >= 4 is 32.9 Å². The second kappa shape index (κ2) is 8.19. The van der Waals surface area contributed by atoms with Crippen LogP contribution in [0.3, 0.4) is 0 Å². The average molecular weight is 436 g/mol. The number of aromatic nitrogens is 1. The number of ether oxygens (including phenoxy) is 1. The van der Waals surface area contributed by atoms with Crippen LogP contribution in [-0.4, -0.2) is 71.1 Å². The maximum atomic E-state index is 13.4. The van der Waals surface area contributed by atoms with Crippen molar-refractivity contribution < 1.29 is 27.9 Å². The van der Waals surface area contributed by atoms with Gasteiger partial charge in [0.2, 0.25) is 10.0 Å². The van der Waals surface area contributed by atoms with Crippen LogP contribution < -0.4 is 0 Å². The molecule has 1 fully saturated rings. The number of nitrogens with zero attached hydrogens (tertiary/aromatic N) is 3. The first-order chi connectivity index (χ1) is 14.0. The zero-order valence-electron chi connectivity index (χ0n) is 17.1. The summed E-state index contributed by atoms with van der Waals surface area (Å²) in [5.74, 6) is -1.12. The van der Waals surface area contributed by atoms with E-state index in [1.165, 1.54) is 21.5 Å². The highest BCUT2D eigenvalue weighted by atomic mass is 32.2. The summed E-state index contributed by atoms with van der Waals surface area (Å²) in [6.45, 7) is 5.10. The Morgan fingerprint density at radius 1 is 1.23 bits per heavy atom. The van der Waals surface area contributed by atoms with E-state index >= 15 is 0 Å². The standard InChI is InChI=1S/C20H25N3O6S/c1-20(2,3)29-19(26)23-10-9-22(13-15(23)11-18(24)25)30(27,28)17-6-4-5-14-12-21-8-7-16(14)17/h4-8,12,15H,9-11,13H2,1-3H3,(H,24,25). The number of carboxylic acid groups (broad SMARTS) is 1. The number of aliphatic carboxylic acids is 1. The Hall–Kier alpha value is -2.72. The van der Waals surface area contributed by atoms with Crippen molar-refractivity contribution in [2.24, 2.45) is 0 Å². The SMILES string of the molecule is CC(C)(C)OC(=O)N1CCN(S(=O)(=O)c2cccc3cnccc23)CC1CC(=O)O. The molecule has 3 rings (SSSR count). The Bertz CT molecular complexity index is 1060. The number of pyridine rings is 1. The van der Waals surface area contributed by atoms with Gasteiger partial charge in [-0.3, -0.25) is 9.78 Å². The summed E-state index contributed by atoms with van der Waals surface area (Å²) < 4.78 is 33.3. The maximum Gasteiger partial charge on any atom is 0.410 e. The fourth-order valence-corrected chi connectivity index (χ4v) is 5.12. The second-order valence-electron chi connectivity index (χ2n) is 8.14. The van der Waals surface area contributed by atoms with Crippen molar-refractivity contribution in [3.63, 3.8) is 0 Å². The van der Waals surface area contributed by atoms with Gasteiger partial charge in [-0.1, -0.05) is 12.1 Å². The van der Waals surface area contributed by atoms with Gasteiger partial charge >= 0.3 is 12.1 Å². The zero-order chi connectivity index (χ0) is 22.1. The first-order valence-electron chi connectivity index (χ1n) is 9.53. The lowest BCUT2D eigenvalue weighted by molar-refractivity contribution is -0.138. The number of hydrogen-bond acceptors (Lipinski definition) is 6. The summed E-state index contributed by atoms with van der Waals surface area (Å²) in [6.07, 6.45) is 2.07. The molecule has 1 aliphatic rings. The number of carbonyl (C=O) groups is 2. The molecular formula is C20H25N3O6S. The molecule has 1 atom stereocenters. The van der Waals surface area contributed by atoms with E-state index in [0.29, 0.717) is 10.8 Å². The van der Waals surface area contributed by atoms with Crippen LogP contribution in [0.4, 0.5) is 4.79 Å². The lowest BCUT2D eigenvalue weighted by Gasteiger charge is -2.40. The molecule has 1 aliphatic heterocycles. The first kappa shape index (κ1) is 22.0. The van der Waals surface area contributed by atoms with Crippen LogP contribution in [-0.2, 0) is 19.6 Å². The molecule has 30 heavy (non-hydrogen) atoms. The third-order valence-electron chi connectivity index (χ3n) is 4.74. The fraction of sp³-hybridized carbons (Fsp3) is 0.450. The summed E-state index contributed by atoms with van der Waals surface area (Å²) >= 11 is 0. The molecule has 1 N–H and O–H groups in total. The van der Waals surface area contributed by atoms with Crippen molar-refractivity contribution in [1.82, 2.24) is 14.2 Å². The third-order valence-corrected chi connectivity index (χ3v) is 6.67. The molecule has 9 nitrogen and oxygen atoms in total. The molecular weight excluding hydrogens is 410 g/mol. The minimum absolute atomic E-state index is 0.0401. The van der Waals surface area contributed by atoms with Crippen LogP contribution in [0.5, 0.6) is 0 Å². The van der Waals surface area contributed by atoms with Gasteiger partial charge in [0.05, 0.1) is 17.4 Å². The topological polar surface area (TPSA) is 117 Å². The van der Waals surface area contributed by atoms with Crippen LogP contribution in [0.2, 0.25) is 0 Å². The summed E-state index contributed by atoms with van der Waals surface area (Å²) in [4.78, 5) is 29.4. The molecule has 1 amide bonds.